The molecular weight excluding hydrogens is 356 g/mol. The van der Waals surface area contributed by atoms with Gasteiger partial charge < -0.3 is 14.0 Å². The predicted molar refractivity (Wildman–Crippen MR) is 115 cm³/mol. The molecule has 0 bridgehead atoms. The van der Waals surface area contributed by atoms with Crippen molar-refractivity contribution in [3.63, 3.8) is 0 Å². The number of rotatable bonds is 5. The van der Waals surface area contributed by atoms with E-state index in [-0.39, 0.29) is 11.7 Å². The van der Waals surface area contributed by atoms with E-state index >= 15 is 0 Å². The first kappa shape index (κ1) is 18.0. The van der Waals surface area contributed by atoms with Gasteiger partial charge in [0.05, 0.1) is 0 Å². The van der Waals surface area contributed by atoms with Gasteiger partial charge >= 0.3 is 0 Å². The minimum absolute atomic E-state index is 0.0224. The van der Waals surface area contributed by atoms with Gasteiger partial charge in [-0.05, 0) is 30.0 Å². The van der Waals surface area contributed by atoms with Crippen molar-refractivity contribution in [2.75, 3.05) is 10.5 Å². The molecule has 4 rings (SSSR count). The van der Waals surface area contributed by atoms with Gasteiger partial charge in [-0.2, -0.15) is 0 Å². The Hall–Kier alpha value is -2.40. The quantitative estimate of drug-likeness (QED) is 0.633. The molecule has 0 saturated carbocycles. The van der Waals surface area contributed by atoms with Crippen molar-refractivity contribution in [3.05, 3.63) is 58.5 Å². The van der Waals surface area contributed by atoms with Gasteiger partial charge in [0.2, 0.25) is 0 Å². The molecule has 1 aliphatic heterocycles. The Morgan fingerprint density at radius 2 is 1.96 bits per heavy atom. The average molecular weight is 381 g/mol. The average Bonchev–Trinajstić information content (AvgIpc) is 3.12. The van der Waals surface area contributed by atoms with Crippen LogP contribution in [-0.4, -0.2) is 16.4 Å². The van der Waals surface area contributed by atoms with Crippen LogP contribution in [0, 0.1) is 0 Å². The van der Waals surface area contributed by atoms with E-state index in [1.807, 2.05) is 37.5 Å². The lowest BCUT2D eigenvalue weighted by Crippen LogP contribution is -2.16. The lowest BCUT2D eigenvalue weighted by atomic mass is 9.96. The number of aryl methyl sites for hydroxylation is 1. The van der Waals surface area contributed by atoms with Gasteiger partial charge in [0, 0.05) is 53.2 Å². The largest absolute Gasteiger partial charge is 0.489 e. The van der Waals surface area contributed by atoms with E-state index in [9.17, 15) is 4.79 Å². The summed E-state index contributed by atoms with van der Waals surface area (Å²) in [5, 5.41) is 1.70. The summed E-state index contributed by atoms with van der Waals surface area (Å²) in [5.41, 5.74) is 4.42. The maximum Gasteiger partial charge on any atom is 0.258 e. The molecule has 2 heterocycles. The molecule has 0 fully saturated rings. The number of aromatic nitrogens is 1. The fourth-order valence-corrected chi connectivity index (χ4v) is 4.14. The minimum atomic E-state index is 0.0224. The third-order valence-electron chi connectivity index (χ3n) is 5.07. The maximum absolute atomic E-state index is 12.6. The SMILES string of the molecule is CCSNc1cc2c(c(-c3cn(C)c(=O)c4ccccc34)c1)OC(CC)C2. The second kappa shape index (κ2) is 7.31. The topological polar surface area (TPSA) is 43.3 Å². The van der Waals surface area contributed by atoms with E-state index in [0.717, 1.165) is 51.9 Å². The molecular formula is C22H24N2O2S. The number of nitrogens with zero attached hydrogens (tertiary/aromatic N) is 1. The van der Waals surface area contributed by atoms with Crippen LogP contribution in [0.2, 0.25) is 0 Å². The van der Waals surface area contributed by atoms with Crippen LogP contribution in [0.1, 0.15) is 25.8 Å². The second-order valence-corrected chi connectivity index (χ2v) is 7.97. The maximum atomic E-state index is 12.6. The summed E-state index contributed by atoms with van der Waals surface area (Å²) in [6.07, 6.45) is 4.05. The van der Waals surface area contributed by atoms with E-state index in [4.69, 9.17) is 4.74 Å². The highest BCUT2D eigenvalue weighted by Crippen LogP contribution is 2.43. The molecule has 0 saturated heterocycles. The summed E-state index contributed by atoms with van der Waals surface area (Å²) < 4.78 is 11.4. The molecule has 2 aromatic carbocycles. The molecule has 0 amide bonds. The highest BCUT2D eigenvalue weighted by Gasteiger charge is 2.26. The third-order valence-corrected chi connectivity index (χ3v) is 5.74. The summed E-state index contributed by atoms with van der Waals surface area (Å²) in [5.74, 6) is 1.95. The smallest absolute Gasteiger partial charge is 0.258 e. The number of ether oxygens (including phenoxy) is 1. The lowest BCUT2D eigenvalue weighted by molar-refractivity contribution is 0.229. The molecule has 0 aliphatic carbocycles. The monoisotopic (exact) mass is 380 g/mol. The number of benzene rings is 2. The van der Waals surface area contributed by atoms with Crippen molar-refractivity contribution in [2.45, 2.75) is 32.8 Å². The molecule has 1 aliphatic rings. The first-order chi connectivity index (χ1) is 13.1. The number of anilines is 1. The van der Waals surface area contributed by atoms with Crippen molar-refractivity contribution in [1.29, 1.82) is 0 Å². The molecule has 1 atom stereocenters. The number of hydrogen-bond donors (Lipinski definition) is 1. The van der Waals surface area contributed by atoms with Gasteiger partial charge in [-0.25, -0.2) is 0 Å². The molecule has 1 aromatic heterocycles. The van der Waals surface area contributed by atoms with Crippen LogP contribution < -0.4 is 15.0 Å². The summed E-state index contributed by atoms with van der Waals surface area (Å²) in [7, 11) is 1.81. The van der Waals surface area contributed by atoms with Crippen LogP contribution in [0.25, 0.3) is 21.9 Å². The first-order valence-electron chi connectivity index (χ1n) is 9.42. The van der Waals surface area contributed by atoms with Gasteiger partial charge in [-0.15, -0.1) is 0 Å². The van der Waals surface area contributed by atoms with Crippen LogP contribution in [0.3, 0.4) is 0 Å². The summed E-state index contributed by atoms with van der Waals surface area (Å²) in [6.45, 7) is 4.28. The number of pyridine rings is 1. The van der Waals surface area contributed by atoms with Crippen LogP contribution in [0.5, 0.6) is 5.75 Å². The Morgan fingerprint density at radius 1 is 1.19 bits per heavy atom. The Balaban J connectivity index is 1.97. The number of hydrogen-bond acceptors (Lipinski definition) is 4. The zero-order valence-electron chi connectivity index (χ0n) is 15.9. The van der Waals surface area contributed by atoms with E-state index in [1.54, 1.807) is 16.5 Å². The standard InChI is InChI=1S/C22H24N2O2S/c1-4-16-11-14-10-15(23-27-5-2)12-19(21(14)26-16)20-13-24(3)22(25)18-9-7-6-8-17(18)20/h6-10,12-13,16,23H,4-5,11H2,1-3H3. The molecule has 0 radical (unpaired) electrons. The number of fused-ring (bicyclic) bond motifs is 2. The molecule has 1 N–H and O–H groups in total. The third kappa shape index (κ3) is 3.21. The Labute approximate surface area is 163 Å². The van der Waals surface area contributed by atoms with Gasteiger partial charge in [0.25, 0.3) is 5.56 Å². The van der Waals surface area contributed by atoms with E-state index < -0.39 is 0 Å². The fraction of sp³-hybridized carbons (Fsp3) is 0.318. The van der Waals surface area contributed by atoms with Crippen LogP contribution in [-0.2, 0) is 13.5 Å². The van der Waals surface area contributed by atoms with Crippen LogP contribution in [0.4, 0.5) is 5.69 Å². The van der Waals surface area contributed by atoms with Crippen molar-refractivity contribution in [3.8, 4) is 16.9 Å². The fourth-order valence-electron chi connectivity index (χ4n) is 3.71. The van der Waals surface area contributed by atoms with Gasteiger partial charge in [0.1, 0.15) is 11.9 Å². The van der Waals surface area contributed by atoms with E-state index in [0.29, 0.717) is 0 Å². The number of nitrogens with one attached hydrogen (secondary N) is 1. The predicted octanol–water partition coefficient (Wildman–Crippen LogP) is 5.00. The van der Waals surface area contributed by atoms with Crippen molar-refractivity contribution >= 4 is 28.4 Å². The highest BCUT2D eigenvalue weighted by atomic mass is 32.2. The van der Waals surface area contributed by atoms with Crippen LogP contribution >= 0.6 is 11.9 Å². The molecule has 5 heteroatoms. The molecule has 0 spiro atoms. The highest BCUT2D eigenvalue weighted by molar-refractivity contribution is 8.00. The van der Waals surface area contributed by atoms with E-state index in [1.165, 1.54) is 5.56 Å². The lowest BCUT2D eigenvalue weighted by Gasteiger charge is -2.16. The zero-order chi connectivity index (χ0) is 19.0. The first-order valence-corrected chi connectivity index (χ1v) is 10.4. The van der Waals surface area contributed by atoms with Crippen molar-refractivity contribution in [1.82, 2.24) is 4.57 Å². The summed E-state index contributed by atoms with van der Waals surface area (Å²) >= 11 is 1.68. The zero-order valence-corrected chi connectivity index (χ0v) is 16.7. The Bertz CT molecular complexity index is 1060. The minimum Gasteiger partial charge on any atom is -0.489 e. The summed E-state index contributed by atoms with van der Waals surface area (Å²) in [4.78, 5) is 12.6. The molecule has 140 valence electrons. The molecule has 4 nitrogen and oxygen atoms in total. The Kier molecular flexibility index (Phi) is 4.87. The molecule has 27 heavy (non-hydrogen) atoms. The van der Waals surface area contributed by atoms with E-state index in [2.05, 4.69) is 30.7 Å². The second-order valence-electron chi connectivity index (χ2n) is 6.90. The van der Waals surface area contributed by atoms with Crippen LogP contribution in [0.15, 0.2) is 47.4 Å². The normalized spacial score (nSPS) is 15.6. The van der Waals surface area contributed by atoms with Crippen molar-refractivity contribution in [2.24, 2.45) is 7.05 Å². The molecule has 3 aromatic rings. The van der Waals surface area contributed by atoms with Gasteiger partial charge in [-0.3, -0.25) is 4.79 Å². The molecule has 1 unspecified atom stereocenters. The Morgan fingerprint density at radius 3 is 2.70 bits per heavy atom. The van der Waals surface area contributed by atoms with Gasteiger partial charge in [0.15, 0.2) is 0 Å². The summed E-state index contributed by atoms with van der Waals surface area (Å²) in [6, 6.07) is 12.2. The van der Waals surface area contributed by atoms with Gasteiger partial charge in [-0.1, -0.05) is 44.0 Å². The van der Waals surface area contributed by atoms with Crippen molar-refractivity contribution < 1.29 is 4.74 Å².